The van der Waals surface area contributed by atoms with Crippen molar-refractivity contribution in [3.05, 3.63) is 12.3 Å². The fourth-order valence-corrected chi connectivity index (χ4v) is 1.65. The smallest absolute Gasteiger partial charge is 0.408 e. The van der Waals surface area contributed by atoms with Crippen LogP contribution in [0.5, 0.6) is 0 Å². The van der Waals surface area contributed by atoms with Crippen LogP contribution in [0.2, 0.25) is 0 Å². The van der Waals surface area contributed by atoms with Crippen molar-refractivity contribution in [3.8, 4) is 0 Å². The van der Waals surface area contributed by atoms with Crippen LogP contribution in [0.15, 0.2) is 16.0 Å². The molecular weight excluding hydrogens is 216 g/mol. The lowest BCUT2D eigenvalue weighted by Crippen LogP contribution is -2.29. The van der Waals surface area contributed by atoms with Crippen LogP contribution in [0, 0.1) is 0 Å². The summed E-state index contributed by atoms with van der Waals surface area (Å²) in [7, 11) is 1.41. The lowest BCUT2D eigenvalue weighted by molar-refractivity contribution is 0.134. The number of amides is 1. The highest BCUT2D eigenvalue weighted by Gasteiger charge is 2.37. The molecule has 1 atom stereocenters. The van der Waals surface area contributed by atoms with Crippen LogP contribution in [0.3, 0.4) is 0 Å². The van der Waals surface area contributed by atoms with Crippen LogP contribution >= 0.6 is 0 Å². The molecule has 8 nitrogen and oxygen atoms in total. The van der Waals surface area contributed by atoms with E-state index in [1.807, 2.05) is 0 Å². The molecule has 2 rings (SSSR count). The Kier molecular flexibility index (Phi) is 2.71. The Morgan fingerprint density at radius 1 is 1.81 bits per heavy atom. The molecule has 1 unspecified atom stereocenters. The molecule has 1 aliphatic heterocycles. The minimum atomic E-state index is -1.05. The topological polar surface area (TPSA) is 101 Å². The summed E-state index contributed by atoms with van der Waals surface area (Å²) >= 11 is 0. The molecule has 2 heterocycles. The van der Waals surface area contributed by atoms with Gasteiger partial charge in [0.15, 0.2) is 0 Å². The molecule has 1 amide bonds. The third kappa shape index (κ3) is 1.81. The summed E-state index contributed by atoms with van der Waals surface area (Å²) < 4.78 is 5.00. The van der Waals surface area contributed by atoms with Gasteiger partial charge in [0.05, 0.1) is 12.3 Å². The molecule has 1 aromatic heterocycles. The van der Waals surface area contributed by atoms with Gasteiger partial charge in [0.1, 0.15) is 13.2 Å². The van der Waals surface area contributed by atoms with Crippen molar-refractivity contribution in [1.29, 1.82) is 0 Å². The number of carbonyl (C=O) groups is 1. The first-order valence-electron chi connectivity index (χ1n) is 4.57. The van der Waals surface area contributed by atoms with Gasteiger partial charge >= 0.3 is 6.09 Å². The van der Waals surface area contributed by atoms with Gasteiger partial charge in [0.25, 0.3) is 0 Å². The van der Waals surface area contributed by atoms with E-state index in [0.717, 1.165) is 0 Å². The third-order valence-electron chi connectivity index (χ3n) is 2.29. The third-order valence-corrected chi connectivity index (χ3v) is 2.29. The fourth-order valence-electron chi connectivity index (χ4n) is 1.65. The van der Waals surface area contributed by atoms with Crippen molar-refractivity contribution in [2.45, 2.75) is 12.5 Å². The molecule has 8 heteroatoms. The number of oxime groups is 1. The maximum absolute atomic E-state index is 11.0. The molecule has 0 saturated carbocycles. The Labute approximate surface area is 90.5 Å². The summed E-state index contributed by atoms with van der Waals surface area (Å²) in [5.41, 5.74) is 0.633. The van der Waals surface area contributed by atoms with Crippen molar-refractivity contribution in [2.75, 3.05) is 13.7 Å². The minimum Gasteiger partial charge on any atom is -0.465 e. The van der Waals surface area contributed by atoms with E-state index in [-0.39, 0.29) is 12.4 Å². The summed E-state index contributed by atoms with van der Waals surface area (Å²) in [5, 5.41) is 20.0. The molecule has 86 valence electrons. The maximum atomic E-state index is 11.0. The van der Waals surface area contributed by atoms with E-state index in [2.05, 4.69) is 20.2 Å². The monoisotopic (exact) mass is 226 g/mol. The van der Waals surface area contributed by atoms with E-state index in [1.165, 1.54) is 18.4 Å². The van der Waals surface area contributed by atoms with Gasteiger partial charge in [0, 0.05) is 6.42 Å². The zero-order valence-electron chi connectivity index (χ0n) is 8.53. The molecular formula is C8H10N4O4. The number of rotatable bonds is 2. The van der Waals surface area contributed by atoms with Crippen molar-refractivity contribution < 1.29 is 19.2 Å². The molecule has 1 N–H and O–H groups in total. The molecule has 0 aromatic carbocycles. The van der Waals surface area contributed by atoms with Crippen LogP contribution in [0.1, 0.15) is 18.4 Å². The molecule has 1 aliphatic rings. The molecule has 1 aromatic rings. The Hall–Kier alpha value is -2.12. The normalized spacial score (nSPS) is 22.7. The van der Waals surface area contributed by atoms with Gasteiger partial charge in [-0.05, 0) is 0 Å². The maximum Gasteiger partial charge on any atom is 0.408 e. The second-order valence-corrected chi connectivity index (χ2v) is 3.25. The number of hydrogen-bond donors (Lipinski definition) is 1. The summed E-state index contributed by atoms with van der Waals surface area (Å²) in [4.78, 5) is 16.8. The second kappa shape index (κ2) is 4.17. The van der Waals surface area contributed by atoms with Crippen molar-refractivity contribution in [3.63, 3.8) is 0 Å². The molecule has 1 fully saturated rings. The molecule has 0 spiro atoms. The van der Waals surface area contributed by atoms with Gasteiger partial charge in [-0.25, -0.2) is 4.79 Å². The second-order valence-electron chi connectivity index (χ2n) is 3.25. The van der Waals surface area contributed by atoms with Gasteiger partial charge in [-0.1, -0.05) is 5.16 Å². The standard InChI is InChI=1S/C8H10N4O4/c1-15-11-5-2-6(7-10-9-4-16-7)12(3-5)8(13)14/h4,6H,2-3H2,1H3,(H,13,14). The Balaban J connectivity index is 2.23. The summed E-state index contributed by atoms with van der Waals surface area (Å²) in [5.74, 6) is 0.267. The highest BCUT2D eigenvalue weighted by molar-refractivity contribution is 5.91. The highest BCUT2D eigenvalue weighted by Crippen LogP contribution is 2.29. The van der Waals surface area contributed by atoms with Crippen LogP contribution < -0.4 is 0 Å². The van der Waals surface area contributed by atoms with Gasteiger partial charge in [-0.3, -0.25) is 4.90 Å². The van der Waals surface area contributed by atoms with E-state index in [1.54, 1.807) is 0 Å². The number of nitrogens with zero attached hydrogens (tertiary/aromatic N) is 4. The Morgan fingerprint density at radius 2 is 2.62 bits per heavy atom. The summed E-state index contributed by atoms with van der Waals surface area (Å²) in [6.07, 6.45) is 0.521. The average molecular weight is 226 g/mol. The first kappa shape index (κ1) is 10.4. The van der Waals surface area contributed by atoms with Crippen molar-refractivity contribution in [1.82, 2.24) is 15.1 Å². The van der Waals surface area contributed by atoms with Crippen LogP contribution in [0.4, 0.5) is 4.79 Å². The first-order chi connectivity index (χ1) is 7.72. The van der Waals surface area contributed by atoms with E-state index < -0.39 is 12.1 Å². The van der Waals surface area contributed by atoms with E-state index in [4.69, 9.17) is 9.52 Å². The van der Waals surface area contributed by atoms with Crippen LogP contribution in [-0.4, -0.2) is 45.7 Å². The summed E-state index contributed by atoms with van der Waals surface area (Å²) in [6, 6.07) is -0.478. The van der Waals surface area contributed by atoms with Gasteiger partial charge in [-0.15, -0.1) is 10.2 Å². The highest BCUT2D eigenvalue weighted by atomic mass is 16.6. The molecule has 0 aliphatic carbocycles. The number of carboxylic acid groups (broad SMARTS) is 1. The van der Waals surface area contributed by atoms with Gasteiger partial charge in [0.2, 0.25) is 12.3 Å². The van der Waals surface area contributed by atoms with E-state index in [9.17, 15) is 4.79 Å². The predicted molar refractivity (Wildman–Crippen MR) is 50.8 cm³/mol. The van der Waals surface area contributed by atoms with Gasteiger partial charge < -0.3 is 14.4 Å². The zero-order valence-corrected chi connectivity index (χ0v) is 8.53. The molecule has 1 saturated heterocycles. The molecule has 16 heavy (non-hydrogen) atoms. The quantitative estimate of drug-likeness (QED) is 0.736. The van der Waals surface area contributed by atoms with Crippen LogP contribution in [-0.2, 0) is 4.84 Å². The van der Waals surface area contributed by atoms with Gasteiger partial charge in [-0.2, -0.15) is 0 Å². The largest absolute Gasteiger partial charge is 0.465 e. The number of likely N-dealkylation sites (tertiary alicyclic amines) is 1. The SMILES string of the molecule is CON=C1CC(c2nnco2)N(C(=O)O)C1. The van der Waals surface area contributed by atoms with Crippen molar-refractivity contribution in [2.24, 2.45) is 5.16 Å². The summed E-state index contributed by atoms with van der Waals surface area (Å²) in [6.45, 7) is 0.191. The van der Waals surface area contributed by atoms with E-state index in [0.29, 0.717) is 12.1 Å². The Morgan fingerprint density at radius 3 is 3.19 bits per heavy atom. The molecule has 0 radical (unpaired) electrons. The first-order valence-corrected chi connectivity index (χ1v) is 4.57. The number of hydrogen-bond acceptors (Lipinski definition) is 6. The predicted octanol–water partition coefficient (Wildman–Crippen LogP) is 0.497. The minimum absolute atomic E-state index is 0.191. The Bertz CT molecular complexity index is 402. The zero-order chi connectivity index (χ0) is 11.5. The number of aromatic nitrogens is 2. The lowest BCUT2D eigenvalue weighted by Gasteiger charge is -2.16. The van der Waals surface area contributed by atoms with Crippen molar-refractivity contribution >= 4 is 11.8 Å². The fraction of sp³-hybridized carbons (Fsp3) is 0.500. The van der Waals surface area contributed by atoms with E-state index >= 15 is 0 Å². The lowest BCUT2D eigenvalue weighted by atomic mass is 10.2. The van der Waals surface area contributed by atoms with Crippen LogP contribution in [0.25, 0.3) is 0 Å². The average Bonchev–Trinajstić information content (AvgIpc) is 2.83. The molecule has 0 bridgehead atoms.